The summed E-state index contributed by atoms with van der Waals surface area (Å²) in [7, 11) is 0. The third-order valence-electron chi connectivity index (χ3n) is 4.06. The maximum atomic E-state index is 12.4. The number of carbonyl (C=O) groups is 3. The normalized spacial score (nSPS) is 13.7. The quantitative estimate of drug-likeness (QED) is 0.767. The van der Waals surface area contributed by atoms with E-state index in [1.807, 2.05) is 30.3 Å². The van der Waals surface area contributed by atoms with E-state index >= 15 is 0 Å². The van der Waals surface area contributed by atoms with Crippen LogP contribution >= 0.6 is 0 Å². The number of amides is 2. The third-order valence-corrected chi connectivity index (χ3v) is 4.06. The molecule has 6 nitrogen and oxygen atoms in total. The van der Waals surface area contributed by atoms with Gasteiger partial charge >= 0.3 is 5.97 Å². The fourth-order valence-corrected chi connectivity index (χ4v) is 2.42. The van der Waals surface area contributed by atoms with E-state index < -0.39 is 29.4 Å². The molecule has 0 spiro atoms. The van der Waals surface area contributed by atoms with Crippen molar-refractivity contribution in [2.75, 3.05) is 0 Å². The van der Waals surface area contributed by atoms with Crippen LogP contribution in [0.2, 0.25) is 0 Å². The van der Waals surface area contributed by atoms with Crippen LogP contribution in [-0.4, -0.2) is 28.9 Å². The summed E-state index contributed by atoms with van der Waals surface area (Å²) in [5.74, 6) is -2.00. The molecule has 0 heterocycles. The van der Waals surface area contributed by atoms with Crippen LogP contribution in [0.15, 0.2) is 42.5 Å². The average molecular weight is 356 g/mol. The first kappa shape index (κ1) is 19.4. The van der Waals surface area contributed by atoms with Gasteiger partial charge in [0.25, 0.3) is 0 Å². The Morgan fingerprint density at radius 2 is 1.58 bits per heavy atom. The van der Waals surface area contributed by atoms with Crippen molar-refractivity contribution in [3.05, 3.63) is 48.0 Å². The van der Waals surface area contributed by atoms with Gasteiger partial charge in [0.1, 0.15) is 6.04 Å². The number of hydrogen-bond donors (Lipinski definition) is 3. The van der Waals surface area contributed by atoms with E-state index in [2.05, 4.69) is 10.6 Å². The van der Waals surface area contributed by atoms with E-state index in [0.717, 1.165) is 10.8 Å². The van der Waals surface area contributed by atoms with Gasteiger partial charge < -0.3 is 15.7 Å². The summed E-state index contributed by atoms with van der Waals surface area (Å²) in [6.07, 6.45) is 0. The van der Waals surface area contributed by atoms with E-state index in [9.17, 15) is 19.5 Å². The minimum atomic E-state index is -1.19. The van der Waals surface area contributed by atoms with Crippen molar-refractivity contribution in [1.29, 1.82) is 0 Å². The Hall–Kier alpha value is -2.89. The zero-order chi connectivity index (χ0) is 19.5. The number of hydrogen-bond acceptors (Lipinski definition) is 3. The second-order valence-electron chi connectivity index (χ2n) is 7.33. The zero-order valence-corrected chi connectivity index (χ0v) is 15.4. The van der Waals surface area contributed by atoms with Crippen LogP contribution in [0.1, 0.15) is 39.3 Å². The number of aliphatic carboxylic acids is 1. The predicted molar refractivity (Wildman–Crippen MR) is 99.5 cm³/mol. The van der Waals surface area contributed by atoms with Gasteiger partial charge in [0.05, 0.1) is 0 Å². The van der Waals surface area contributed by atoms with Gasteiger partial charge in [-0.05, 0) is 29.3 Å². The molecule has 2 unspecified atom stereocenters. The maximum absolute atomic E-state index is 12.4. The van der Waals surface area contributed by atoms with E-state index in [1.54, 1.807) is 32.9 Å². The van der Waals surface area contributed by atoms with Crippen molar-refractivity contribution in [2.24, 2.45) is 5.41 Å². The van der Waals surface area contributed by atoms with Crippen molar-refractivity contribution < 1.29 is 19.5 Å². The summed E-state index contributed by atoms with van der Waals surface area (Å²) < 4.78 is 0. The molecule has 0 radical (unpaired) electrons. The maximum Gasteiger partial charge on any atom is 0.330 e. The Labute approximate surface area is 152 Å². The molecule has 2 atom stereocenters. The van der Waals surface area contributed by atoms with Crippen LogP contribution in [-0.2, 0) is 14.4 Å². The number of carbonyl (C=O) groups excluding carboxylic acids is 2. The molecule has 0 saturated carbocycles. The summed E-state index contributed by atoms with van der Waals surface area (Å²) >= 11 is 0. The Kier molecular flexibility index (Phi) is 5.65. The molecule has 0 aromatic heterocycles. The number of benzene rings is 2. The van der Waals surface area contributed by atoms with Gasteiger partial charge in [-0.15, -0.1) is 0 Å². The van der Waals surface area contributed by atoms with Gasteiger partial charge in [-0.2, -0.15) is 0 Å². The highest BCUT2D eigenvalue weighted by Gasteiger charge is 2.28. The van der Waals surface area contributed by atoms with Gasteiger partial charge in [0.2, 0.25) is 11.8 Å². The average Bonchev–Trinajstić information content (AvgIpc) is 2.57. The van der Waals surface area contributed by atoms with E-state index in [0.29, 0.717) is 5.56 Å². The van der Waals surface area contributed by atoms with Crippen molar-refractivity contribution in [3.8, 4) is 0 Å². The summed E-state index contributed by atoms with van der Waals surface area (Å²) in [4.78, 5) is 36.0. The molecule has 138 valence electrons. The smallest absolute Gasteiger partial charge is 0.330 e. The Bertz CT molecular complexity index is 839. The monoisotopic (exact) mass is 356 g/mol. The van der Waals surface area contributed by atoms with Crippen molar-refractivity contribution in [1.82, 2.24) is 10.6 Å². The van der Waals surface area contributed by atoms with Crippen molar-refractivity contribution in [2.45, 2.75) is 39.8 Å². The molecule has 2 aromatic carbocycles. The summed E-state index contributed by atoms with van der Waals surface area (Å²) in [6, 6.07) is 10.8. The van der Waals surface area contributed by atoms with Crippen LogP contribution < -0.4 is 10.6 Å². The fraction of sp³-hybridized carbons (Fsp3) is 0.350. The molecule has 0 bridgehead atoms. The number of nitrogens with one attached hydrogen (secondary N) is 2. The van der Waals surface area contributed by atoms with Gasteiger partial charge in [-0.25, -0.2) is 4.79 Å². The molecule has 0 fully saturated rings. The lowest BCUT2D eigenvalue weighted by atomic mass is 9.95. The summed E-state index contributed by atoms with van der Waals surface area (Å²) in [5.41, 5.74) is -0.169. The number of carboxylic acids is 1. The van der Waals surface area contributed by atoms with E-state index in [1.165, 1.54) is 6.92 Å². The largest absolute Gasteiger partial charge is 0.479 e. The molecule has 2 rings (SSSR count). The number of carboxylic acid groups (broad SMARTS) is 1. The third kappa shape index (κ3) is 4.59. The van der Waals surface area contributed by atoms with Crippen LogP contribution in [0, 0.1) is 5.41 Å². The summed E-state index contributed by atoms with van der Waals surface area (Å²) in [6.45, 7) is 6.74. The molecule has 0 aliphatic carbocycles. The van der Waals surface area contributed by atoms with Crippen LogP contribution in [0.4, 0.5) is 0 Å². The zero-order valence-electron chi connectivity index (χ0n) is 15.4. The molecule has 3 N–H and O–H groups in total. The fourth-order valence-electron chi connectivity index (χ4n) is 2.42. The molecule has 2 amide bonds. The van der Waals surface area contributed by atoms with Gasteiger partial charge in [0, 0.05) is 5.41 Å². The molecule has 0 aliphatic heterocycles. The Morgan fingerprint density at radius 3 is 2.15 bits per heavy atom. The Morgan fingerprint density at radius 1 is 0.962 bits per heavy atom. The minimum Gasteiger partial charge on any atom is -0.479 e. The standard InChI is InChI=1S/C20H24N2O4/c1-12(21-19(26)20(2,3)4)17(23)22-16(18(24)25)15-10-9-13-7-5-6-8-14(13)11-15/h5-12,16H,1-4H3,(H,21,26)(H,22,23)(H,24,25). The molecule has 6 heteroatoms. The van der Waals surface area contributed by atoms with Crippen molar-refractivity contribution in [3.63, 3.8) is 0 Å². The highest BCUT2D eigenvalue weighted by Crippen LogP contribution is 2.21. The molecular formula is C20H24N2O4. The topological polar surface area (TPSA) is 95.5 Å². The number of rotatable bonds is 5. The lowest BCUT2D eigenvalue weighted by Gasteiger charge is -2.23. The first-order valence-corrected chi connectivity index (χ1v) is 8.42. The van der Waals surface area contributed by atoms with E-state index in [-0.39, 0.29) is 5.91 Å². The Balaban J connectivity index is 2.17. The number of fused-ring (bicyclic) bond motifs is 1. The minimum absolute atomic E-state index is 0.280. The first-order chi connectivity index (χ1) is 12.1. The lowest BCUT2D eigenvalue weighted by molar-refractivity contribution is -0.142. The molecule has 26 heavy (non-hydrogen) atoms. The van der Waals surface area contributed by atoms with Gasteiger partial charge in [-0.3, -0.25) is 9.59 Å². The van der Waals surface area contributed by atoms with Crippen molar-refractivity contribution >= 4 is 28.6 Å². The SMILES string of the molecule is CC(NC(=O)C(C)(C)C)C(=O)NC(C(=O)O)c1ccc2ccccc2c1. The van der Waals surface area contributed by atoms with Crippen LogP contribution in [0.5, 0.6) is 0 Å². The summed E-state index contributed by atoms with van der Waals surface area (Å²) in [5, 5.41) is 16.5. The lowest BCUT2D eigenvalue weighted by Crippen LogP contribution is -2.49. The van der Waals surface area contributed by atoms with Crippen LogP contribution in [0.25, 0.3) is 10.8 Å². The molecule has 0 aliphatic rings. The second kappa shape index (κ2) is 7.56. The van der Waals surface area contributed by atoms with Gasteiger partial charge in [-0.1, -0.05) is 57.2 Å². The highest BCUT2D eigenvalue weighted by molar-refractivity contribution is 5.92. The molecular weight excluding hydrogens is 332 g/mol. The van der Waals surface area contributed by atoms with E-state index in [4.69, 9.17) is 0 Å². The molecule has 2 aromatic rings. The van der Waals surface area contributed by atoms with Crippen LogP contribution in [0.3, 0.4) is 0 Å². The van der Waals surface area contributed by atoms with Gasteiger partial charge in [0.15, 0.2) is 6.04 Å². The highest BCUT2D eigenvalue weighted by atomic mass is 16.4. The molecule has 0 saturated heterocycles. The predicted octanol–water partition coefficient (Wildman–Crippen LogP) is 2.63. The first-order valence-electron chi connectivity index (χ1n) is 8.42. The second-order valence-corrected chi connectivity index (χ2v) is 7.33.